The van der Waals surface area contributed by atoms with Crippen molar-refractivity contribution in [2.24, 2.45) is 0 Å². The molecular weight excluding hydrogens is 340 g/mol. The van der Waals surface area contributed by atoms with Gasteiger partial charge >= 0.3 is 5.97 Å². The van der Waals surface area contributed by atoms with E-state index in [9.17, 15) is 19.5 Å². The van der Waals surface area contributed by atoms with Gasteiger partial charge < -0.3 is 15.3 Å². The van der Waals surface area contributed by atoms with Crippen LogP contribution in [0.15, 0.2) is 30.3 Å². The maximum atomic E-state index is 12.6. The van der Waals surface area contributed by atoms with Gasteiger partial charge in [-0.1, -0.05) is 30.3 Å². The lowest BCUT2D eigenvalue weighted by molar-refractivity contribution is -0.150. The summed E-state index contributed by atoms with van der Waals surface area (Å²) in [5.74, 6) is -1.69. The van der Waals surface area contributed by atoms with Crippen molar-refractivity contribution < 1.29 is 19.5 Å². The molecule has 6 nitrogen and oxygen atoms in total. The number of carboxylic acid groups (broad SMARTS) is 1. The van der Waals surface area contributed by atoms with Crippen LogP contribution in [-0.4, -0.2) is 51.7 Å². The van der Waals surface area contributed by atoms with Gasteiger partial charge in [-0.2, -0.15) is 12.6 Å². The molecule has 1 aromatic rings. The first-order valence-corrected chi connectivity index (χ1v) is 8.97. The quantitative estimate of drug-likeness (QED) is 0.668. The molecule has 2 amide bonds. The molecule has 7 heteroatoms. The fourth-order valence-corrected chi connectivity index (χ4v) is 3.20. The van der Waals surface area contributed by atoms with Crippen LogP contribution in [-0.2, 0) is 20.8 Å². The third kappa shape index (κ3) is 5.22. The number of nitrogens with one attached hydrogen (secondary N) is 1. The molecule has 1 fully saturated rings. The maximum absolute atomic E-state index is 12.6. The fourth-order valence-electron chi connectivity index (χ4n) is 2.91. The Labute approximate surface area is 153 Å². The average Bonchev–Trinajstić information content (AvgIpc) is 2.77. The number of hydrogen-bond acceptors (Lipinski definition) is 4. The van der Waals surface area contributed by atoms with Gasteiger partial charge in [0.25, 0.3) is 0 Å². The Morgan fingerprint density at radius 1 is 1.32 bits per heavy atom. The molecule has 1 heterocycles. The molecule has 1 aromatic carbocycles. The molecular formula is C18H24N2O4S. The molecule has 0 bridgehead atoms. The number of carbonyl (C=O) groups excluding carboxylic acids is 2. The van der Waals surface area contributed by atoms with Crippen molar-refractivity contribution in [1.29, 1.82) is 0 Å². The summed E-state index contributed by atoms with van der Waals surface area (Å²) in [4.78, 5) is 37.6. The van der Waals surface area contributed by atoms with Crippen molar-refractivity contribution in [1.82, 2.24) is 10.2 Å². The van der Waals surface area contributed by atoms with Crippen molar-refractivity contribution in [3.05, 3.63) is 35.9 Å². The van der Waals surface area contributed by atoms with Crippen LogP contribution in [0.3, 0.4) is 0 Å². The highest BCUT2D eigenvalue weighted by Crippen LogP contribution is 2.16. The van der Waals surface area contributed by atoms with Crippen molar-refractivity contribution in [3.63, 3.8) is 0 Å². The van der Waals surface area contributed by atoms with Crippen LogP contribution in [0, 0.1) is 0 Å². The van der Waals surface area contributed by atoms with Gasteiger partial charge in [-0.15, -0.1) is 0 Å². The van der Waals surface area contributed by atoms with E-state index in [4.69, 9.17) is 0 Å². The summed E-state index contributed by atoms with van der Waals surface area (Å²) in [6.07, 6.45) is 2.46. The zero-order valence-corrected chi connectivity index (χ0v) is 15.1. The number of aliphatic carboxylic acids is 1. The van der Waals surface area contributed by atoms with Crippen LogP contribution < -0.4 is 5.32 Å². The number of thiol groups is 1. The van der Waals surface area contributed by atoms with Gasteiger partial charge in [-0.25, -0.2) is 4.79 Å². The smallest absolute Gasteiger partial charge is 0.326 e. The zero-order valence-electron chi connectivity index (χ0n) is 14.2. The number of carbonyl (C=O) groups is 3. The highest BCUT2D eigenvalue weighted by Gasteiger charge is 2.34. The minimum Gasteiger partial charge on any atom is -0.480 e. The number of benzene rings is 1. The Morgan fingerprint density at radius 2 is 2.00 bits per heavy atom. The molecule has 1 unspecified atom stereocenters. The van der Waals surface area contributed by atoms with E-state index in [-0.39, 0.29) is 11.8 Å². The lowest BCUT2D eigenvalue weighted by Gasteiger charge is -2.28. The lowest BCUT2D eigenvalue weighted by atomic mass is 10.1. The summed E-state index contributed by atoms with van der Waals surface area (Å²) in [7, 11) is 0. The molecule has 3 atom stereocenters. The number of carboxylic acids is 1. The van der Waals surface area contributed by atoms with Crippen LogP contribution in [0.5, 0.6) is 0 Å². The van der Waals surface area contributed by atoms with Crippen molar-refractivity contribution >= 4 is 30.4 Å². The second-order valence-electron chi connectivity index (χ2n) is 6.31. The molecule has 1 aliphatic rings. The van der Waals surface area contributed by atoms with Gasteiger partial charge in [-0.05, 0) is 38.2 Å². The summed E-state index contributed by atoms with van der Waals surface area (Å²) in [6, 6.07) is 7.94. The predicted octanol–water partition coefficient (Wildman–Crippen LogP) is 1.50. The highest BCUT2D eigenvalue weighted by molar-refractivity contribution is 7.81. The van der Waals surface area contributed by atoms with Crippen molar-refractivity contribution in [2.75, 3.05) is 6.54 Å². The summed E-state index contributed by atoms with van der Waals surface area (Å²) in [5, 5.41) is 11.4. The Hall–Kier alpha value is -2.02. The summed E-state index contributed by atoms with van der Waals surface area (Å²) in [5.41, 5.74) is 0.992. The van der Waals surface area contributed by atoms with Crippen LogP contribution in [0.4, 0.5) is 0 Å². The minimum atomic E-state index is -1.04. The summed E-state index contributed by atoms with van der Waals surface area (Å²) < 4.78 is 0. The second-order valence-corrected chi connectivity index (χ2v) is 6.93. The maximum Gasteiger partial charge on any atom is 0.326 e. The van der Waals surface area contributed by atoms with Crippen molar-refractivity contribution in [2.45, 2.75) is 49.9 Å². The molecule has 0 spiro atoms. The Bertz CT molecular complexity index is 623. The summed E-state index contributed by atoms with van der Waals surface area (Å²) in [6.45, 7) is 1.88. The van der Waals surface area contributed by atoms with E-state index in [0.717, 1.165) is 18.4 Å². The second kappa shape index (κ2) is 8.89. The fraction of sp³-hybridized carbons (Fsp3) is 0.500. The first kappa shape index (κ1) is 19.3. The van der Waals surface area contributed by atoms with Crippen LogP contribution >= 0.6 is 12.6 Å². The molecule has 1 saturated heterocycles. The van der Waals surface area contributed by atoms with Gasteiger partial charge in [0, 0.05) is 6.54 Å². The van der Waals surface area contributed by atoms with Gasteiger partial charge in [0.05, 0.1) is 5.25 Å². The highest BCUT2D eigenvalue weighted by atomic mass is 32.1. The summed E-state index contributed by atoms with van der Waals surface area (Å²) >= 11 is 4.36. The third-order valence-electron chi connectivity index (χ3n) is 4.44. The van der Waals surface area contributed by atoms with Crippen molar-refractivity contribution in [3.8, 4) is 0 Å². The van der Waals surface area contributed by atoms with E-state index in [2.05, 4.69) is 17.9 Å². The molecule has 0 aliphatic carbocycles. The predicted molar refractivity (Wildman–Crippen MR) is 97.5 cm³/mol. The van der Waals surface area contributed by atoms with E-state index >= 15 is 0 Å². The Morgan fingerprint density at radius 3 is 2.64 bits per heavy atom. The van der Waals surface area contributed by atoms with Crippen LogP contribution in [0.1, 0.15) is 31.7 Å². The molecule has 1 aliphatic heterocycles. The Balaban J connectivity index is 2.00. The zero-order chi connectivity index (χ0) is 18.4. The van der Waals surface area contributed by atoms with E-state index in [1.807, 2.05) is 30.3 Å². The van der Waals surface area contributed by atoms with Gasteiger partial charge in [-0.3, -0.25) is 9.59 Å². The number of amides is 2. The van der Waals surface area contributed by atoms with E-state index in [0.29, 0.717) is 19.4 Å². The molecule has 0 radical (unpaired) electrons. The average molecular weight is 364 g/mol. The molecule has 136 valence electrons. The third-order valence-corrected chi connectivity index (χ3v) is 4.86. The normalized spacial score (nSPS) is 20.5. The van der Waals surface area contributed by atoms with Gasteiger partial charge in [0.2, 0.25) is 11.8 Å². The first-order valence-electron chi connectivity index (χ1n) is 8.45. The van der Waals surface area contributed by atoms with Gasteiger partial charge in [0.1, 0.15) is 12.1 Å². The number of nitrogens with zero attached hydrogens (tertiary/aromatic N) is 1. The first-order chi connectivity index (χ1) is 11.9. The standard InChI is InChI=1S/C18H24N2O4S/c1-12(18(23)24)20-10-6-5-9-14(17(20)22)19-16(21)15(25)11-13-7-3-2-4-8-13/h2-4,7-8,12,14-15,25H,5-6,9-11H2,1H3,(H,19,21)(H,23,24)/t12?,14-,15-/m1/s1. The number of rotatable bonds is 6. The van der Waals surface area contributed by atoms with Gasteiger partial charge in [0.15, 0.2) is 0 Å². The topological polar surface area (TPSA) is 86.7 Å². The Kier molecular flexibility index (Phi) is 6.87. The van der Waals surface area contributed by atoms with E-state index < -0.39 is 23.3 Å². The molecule has 2 N–H and O–H groups in total. The monoisotopic (exact) mass is 364 g/mol. The number of likely N-dealkylation sites (tertiary alicyclic amines) is 1. The molecule has 2 rings (SSSR count). The van der Waals surface area contributed by atoms with E-state index in [1.54, 1.807) is 0 Å². The number of hydrogen-bond donors (Lipinski definition) is 3. The lowest BCUT2D eigenvalue weighted by Crippen LogP contribution is -2.53. The molecule has 0 saturated carbocycles. The van der Waals surface area contributed by atoms with E-state index in [1.165, 1.54) is 11.8 Å². The SMILES string of the molecule is CC(C(=O)O)N1CCCC[C@@H](NC(=O)[C@H](S)Cc2ccccc2)C1=O. The largest absolute Gasteiger partial charge is 0.480 e. The van der Waals surface area contributed by atoms with Crippen LogP contribution in [0.25, 0.3) is 0 Å². The molecule has 0 aromatic heterocycles. The minimum absolute atomic E-state index is 0.310. The van der Waals surface area contributed by atoms with Crippen LogP contribution in [0.2, 0.25) is 0 Å². The molecule has 25 heavy (non-hydrogen) atoms.